The van der Waals surface area contributed by atoms with E-state index in [1.165, 1.54) is 0 Å². The molecular formula is C17H21N3O2S. The van der Waals surface area contributed by atoms with Gasteiger partial charge in [0.1, 0.15) is 11.6 Å². The number of hydrogen-bond donors (Lipinski definition) is 0. The highest BCUT2D eigenvalue weighted by Gasteiger charge is 2.33. The smallest absolute Gasteiger partial charge is 0.233 e. The lowest BCUT2D eigenvalue weighted by atomic mass is 10.3. The first-order valence-electron chi connectivity index (χ1n) is 7.70. The third kappa shape index (κ3) is 4.07. The van der Waals surface area contributed by atoms with E-state index in [2.05, 4.69) is 4.98 Å². The first-order valence-corrected chi connectivity index (χ1v) is 8.68. The standard InChI is InChI=1S/C17H21N3O2S/c1-19-9-8-18-16(19)11-20(13-6-7-13)17(21)12-23-15-5-3-4-14(10-15)22-2/h3-5,8-10,13H,6-7,11-12H2,1-2H3. The Morgan fingerprint density at radius 3 is 2.96 bits per heavy atom. The molecule has 0 spiro atoms. The van der Waals surface area contributed by atoms with Crippen LogP contribution in [0.15, 0.2) is 41.6 Å². The molecule has 1 fully saturated rings. The average molecular weight is 331 g/mol. The van der Waals surface area contributed by atoms with Gasteiger partial charge in [-0.1, -0.05) is 6.07 Å². The second-order valence-corrected chi connectivity index (χ2v) is 6.72. The Hall–Kier alpha value is -1.95. The molecule has 6 heteroatoms. The Balaban J connectivity index is 1.61. The summed E-state index contributed by atoms with van der Waals surface area (Å²) in [4.78, 5) is 20.0. The molecule has 23 heavy (non-hydrogen) atoms. The molecular weight excluding hydrogens is 310 g/mol. The van der Waals surface area contributed by atoms with Crippen molar-refractivity contribution >= 4 is 17.7 Å². The van der Waals surface area contributed by atoms with E-state index in [0.717, 1.165) is 29.3 Å². The van der Waals surface area contributed by atoms with Crippen molar-refractivity contribution in [2.24, 2.45) is 7.05 Å². The van der Waals surface area contributed by atoms with E-state index in [1.807, 2.05) is 47.0 Å². The van der Waals surface area contributed by atoms with E-state index in [-0.39, 0.29) is 5.91 Å². The molecule has 1 aromatic carbocycles. The molecule has 1 aliphatic carbocycles. The lowest BCUT2D eigenvalue weighted by Gasteiger charge is -2.22. The van der Waals surface area contributed by atoms with E-state index >= 15 is 0 Å². The average Bonchev–Trinajstić information content (AvgIpc) is 3.33. The van der Waals surface area contributed by atoms with Gasteiger partial charge in [0.05, 0.1) is 19.4 Å². The summed E-state index contributed by atoms with van der Waals surface area (Å²) in [6, 6.07) is 8.19. The van der Waals surface area contributed by atoms with Crippen LogP contribution < -0.4 is 4.74 Å². The van der Waals surface area contributed by atoms with E-state index in [0.29, 0.717) is 18.3 Å². The molecule has 1 aliphatic rings. The largest absolute Gasteiger partial charge is 0.497 e. The van der Waals surface area contributed by atoms with Gasteiger partial charge in [-0.3, -0.25) is 4.79 Å². The van der Waals surface area contributed by atoms with Crippen LogP contribution >= 0.6 is 11.8 Å². The molecule has 1 heterocycles. The molecule has 1 amide bonds. The number of rotatable bonds is 7. The van der Waals surface area contributed by atoms with Gasteiger partial charge in [-0.25, -0.2) is 4.98 Å². The highest BCUT2D eigenvalue weighted by Crippen LogP contribution is 2.30. The van der Waals surface area contributed by atoms with Crippen LogP contribution in [0.5, 0.6) is 5.75 Å². The minimum Gasteiger partial charge on any atom is -0.497 e. The van der Waals surface area contributed by atoms with Crippen molar-refractivity contribution in [2.75, 3.05) is 12.9 Å². The van der Waals surface area contributed by atoms with Gasteiger partial charge in [-0.15, -0.1) is 11.8 Å². The predicted molar refractivity (Wildman–Crippen MR) is 90.5 cm³/mol. The SMILES string of the molecule is COc1cccc(SCC(=O)N(Cc2nccn2C)C2CC2)c1. The summed E-state index contributed by atoms with van der Waals surface area (Å²) in [7, 11) is 3.61. The van der Waals surface area contributed by atoms with Crippen LogP contribution in [0.1, 0.15) is 18.7 Å². The number of nitrogens with zero attached hydrogens (tertiary/aromatic N) is 3. The summed E-state index contributed by atoms with van der Waals surface area (Å²) >= 11 is 1.55. The molecule has 2 aromatic rings. The Morgan fingerprint density at radius 1 is 1.48 bits per heavy atom. The maximum absolute atomic E-state index is 12.6. The van der Waals surface area contributed by atoms with Crippen LogP contribution in [0.4, 0.5) is 0 Å². The second-order valence-electron chi connectivity index (χ2n) is 5.67. The van der Waals surface area contributed by atoms with Crippen LogP contribution in [0.2, 0.25) is 0 Å². The highest BCUT2D eigenvalue weighted by molar-refractivity contribution is 8.00. The molecule has 122 valence electrons. The van der Waals surface area contributed by atoms with Crippen molar-refractivity contribution in [1.82, 2.24) is 14.5 Å². The summed E-state index contributed by atoms with van der Waals surface area (Å²) in [6.07, 6.45) is 5.88. The van der Waals surface area contributed by atoms with Crippen LogP contribution in [0, 0.1) is 0 Å². The number of methoxy groups -OCH3 is 1. The number of hydrogen-bond acceptors (Lipinski definition) is 4. The van der Waals surface area contributed by atoms with Gasteiger partial charge in [-0.05, 0) is 31.0 Å². The zero-order valence-electron chi connectivity index (χ0n) is 13.4. The van der Waals surface area contributed by atoms with Gasteiger partial charge in [0.25, 0.3) is 0 Å². The summed E-state index contributed by atoms with van der Waals surface area (Å²) in [6.45, 7) is 0.589. The first kappa shape index (κ1) is 15.9. The normalized spacial score (nSPS) is 13.8. The van der Waals surface area contributed by atoms with Crippen LogP contribution in [0.25, 0.3) is 0 Å². The van der Waals surface area contributed by atoms with Crippen LogP contribution in [-0.4, -0.2) is 39.3 Å². The number of aryl methyl sites for hydroxylation is 1. The third-order valence-corrected chi connectivity index (χ3v) is 4.92. The van der Waals surface area contributed by atoms with Crippen molar-refractivity contribution in [3.8, 4) is 5.75 Å². The quantitative estimate of drug-likeness (QED) is 0.732. The van der Waals surface area contributed by atoms with Crippen molar-refractivity contribution in [3.05, 3.63) is 42.5 Å². The van der Waals surface area contributed by atoms with Gasteiger partial charge in [0.15, 0.2) is 0 Å². The molecule has 0 bridgehead atoms. The van der Waals surface area contributed by atoms with E-state index in [1.54, 1.807) is 25.1 Å². The minimum atomic E-state index is 0.170. The molecule has 1 aromatic heterocycles. The lowest BCUT2D eigenvalue weighted by molar-refractivity contribution is -0.129. The Morgan fingerprint density at radius 2 is 2.30 bits per heavy atom. The topological polar surface area (TPSA) is 47.4 Å². The number of thioether (sulfide) groups is 1. The highest BCUT2D eigenvalue weighted by atomic mass is 32.2. The predicted octanol–water partition coefficient (Wildman–Crippen LogP) is 2.71. The zero-order chi connectivity index (χ0) is 16.2. The van der Waals surface area contributed by atoms with Gasteiger partial charge < -0.3 is 14.2 Å². The summed E-state index contributed by atoms with van der Waals surface area (Å²) < 4.78 is 7.19. The third-order valence-electron chi connectivity index (χ3n) is 3.94. The number of imidazole rings is 1. The van der Waals surface area contributed by atoms with Crippen molar-refractivity contribution in [3.63, 3.8) is 0 Å². The number of carbonyl (C=O) groups excluding carboxylic acids is 1. The van der Waals surface area contributed by atoms with Crippen LogP contribution in [0.3, 0.4) is 0 Å². The Labute approximate surface area is 140 Å². The van der Waals surface area contributed by atoms with Crippen molar-refractivity contribution in [2.45, 2.75) is 30.3 Å². The second kappa shape index (κ2) is 7.08. The fourth-order valence-electron chi connectivity index (χ4n) is 2.43. The van der Waals surface area contributed by atoms with E-state index < -0.39 is 0 Å². The Kier molecular flexibility index (Phi) is 4.91. The summed E-state index contributed by atoms with van der Waals surface area (Å²) in [5.74, 6) is 2.35. The number of amides is 1. The molecule has 5 nitrogen and oxygen atoms in total. The van der Waals surface area contributed by atoms with Gasteiger partial charge >= 0.3 is 0 Å². The number of benzene rings is 1. The molecule has 0 aliphatic heterocycles. The van der Waals surface area contributed by atoms with Gasteiger partial charge in [-0.2, -0.15) is 0 Å². The molecule has 3 rings (SSSR count). The summed E-state index contributed by atoms with van der Waals surface area (Å²) in [5.41, 5.74) is 0. The molecule has 0 unspecified atom stereocenters. The zero-order valence-corrected chi connectivity index (χ0v) is 14.3. The fourth-order valence-corrected chi connectivity index (χ4v) is 3.26. The fraction of sp³-hybridized carbons (Fsp3) is 0.412. The van der Waals surface area contributed by atoms with E-state index in [9.17, 15) is 4.79 Å². The van der Waals surface area contributed by atoms with Gasteiger partial charge in [0.2, 0.25) is 5.91 Å². The molecule has 0 N–H and O–H groups in total. The van der Waals surface area contributed by atoms with Gasteiger partial charge in [0, 0.05) is 30.4 Å². The lowest BCUT2D eigenvalue weighted by Crippen LogP contribution is -2.34. The number of carbonyl (C=O) groups is 1. The van der Waals surface area contributed by atoms with Crippen molar-refractivity contribution < 1.29 is 9.53 Å². The summed E-state index contributed by atoms with van der Waals surface area (Å²) in [5, 5.41) is 0. The Bertz CT molecular complexity index is 682. The molecule has 1 saturated carbocycles. The first-order chi connectivity index (χ1) is 11.2. The monoisotopic (exact) mass is 331 g/mol. The molecule has 0 saturated heterocycles. The number of ether oxygens (including phenoxy) is 1. The number of aromatic nitrogens is 2. The van der Waals surface area contributed by atoms with Crippen molar-refractivity contribution in [1.29, 1.82) is 0 Å². The molecule has 0 atom stereocenters. The van der Waals surface area contributed by atoms with Crippen LogP contribution in [-0.2, 0) is 18.4 Å². The van der Waals surface area contributed by atoms with E-state index in [4.69, 9.17) is 4.74 Å². The minimum absolute atomic E-state index is 0.170. The maximum atomic E-state index is 12.6. The molecule has 0 radical (unpaired) electrons. The maximum Gasteiger partial charge on any atom is 0.233 e.